The van der Waals surface area contributed by atoms with Gasteiger partial charge in [-0.05, 0) is 181 Å². The molecule has 116 heavy (non-hydrogen) atoms. The number of rotatable bonds is 18. The molecule has 23 nitrogen and oxygen atoms in total. The normalized spacial score (nSPS) is 16.2. The zero-order chi connectivity index (χ0) is 82.5. The molecular weight excluding hydrogens is 1470 g/mol. The van der Waals surface area contributed by atoms with E-state index in [4.69, 9.17) is 9.47 Å². The Hall–Kier alpha value is -14.5. The lowest BCUT2D eigenvalue weighted by Crippen LogP contribution is -2.41. The first-order valence-electron chi connectivity index (χ1n) is 37.8. The third-order valence-corrected chi connectivity index (χ3v) is 20.2. The Morgan fingerprint density at radius 1 is 0.319 bits per heavy atom. The molecule has 0 spiro atoms. The van der Waals surface area contributed by atoms with Crippen molar-refractivity contribution in [1.82, 2.24) is 9.80 Å². The van der Waals surface area contributed by atoms with Crippen LogP contribution in [0.2, 0.25) is 0 Å². The number of hydrogen-bond donors (Lipinski definition) is 0. The SMILES string of the molecule is CC(C)(c1ccc(Oc2ccc(N3C(=O)C=CC3=O)cc2)cc1)c1ccc(Oc2ccc(N3C(=O)C=CC3=O)cc2)cc1.CCc1cc(Cc2cc(C)c(N3C(=O)C=CC3=O)c(CC)c2)cc(C)c1N1C(=O)C=CC1=O.O=C1C=CC(=O)N1C1CCCCC1.O=C1C=CC(=O)N1Cc1ccccc1.O=C1C=CC(=O)N1c1ccccc1. The molecule has 23 heteroatoms. The molecule has 0 saturated heterocycles. The summed E-state index contributed by atoms with van der Waals surface area (Å²) in [4.78, 5) is 172. The van der Waals surface area contributed by atoms with Crippen LogP contribution in [0, 0.1) is 13.8 Å². The summed E-state index contributed by atoms with van der Waals surface area (Å²) in [6.45, 7) is 12.5. The van der Waals surface area contributed by atoms with E-state index < -0.39 is 0 Å². The lowest BCUT2D eigenvalue weighted by molar-refractivity contribution is -0.141. The highest BCUT2D eigenvalue weighted by molar-refractivity contribution is 6.31. The van der Waals surface area contributed by atoms with Gasteiger partial charge in [-0.1, -0.05) is 144 Å². The number of nitrogens with zero attached hydrogens (tertiary/aromatic N) is 7. The molecule has 0 radical (unpaired) electrons. The number of amides is 14. The minimum atomic E-state index is -0.362. The number of benzene rings is 8. The van der Waals surface area contributed by atoms with E-state index in [0.717, 1.165) is 90.5 Å². The third-order valence-electron chi connectivity index (χ3n) is 20.2. The van der Waals surface area contributed by atoms with E-state index in [2.05, 4.69) is 13.8 Å². The number of imide groups is 7. The maximum atomic E-state index is 12.2. The summed E-state index contributed by atoms with van der Waals surface area (Å²) in [7, 11) is 0. The van der Waals surface area contributed by atoms with Crippen LogP contribution in [-0.4, -0.2) is 98.5 Å². The number of hydrogen-bond acceptors (Lipinski definition) is 16. The van der Waals surface area contributed by atoms with Gasteiger partial charge in [0.25, 0.3) is 82.7 Å². The molecule has 0 aromatic heterocycles. The molecule has 7 aliphatic heterocycles. The molecule has 7 heterocycles. The Morgan fingerprint density at radius 2 is 0.612 bits per heavy atom. The maximum Gasteiger partial charge on any atom is 0.258 e. The summed E-state index contributed by atoms with van der Waals surface area (Å²) in [5.74, 6) is -1.51. The van der Waals surface area contributed by atoms with Crippen LogP contribution in [0.5, 0.6) is 23.0 Å². The fourth-order valence-electron chi connectivity index (χ4n) is 14.4. The number of aryl methyl sites for hydroxylation is 4. The minimum absolute atomic E-state index is 0.128. The number of ether oxygens (including phenoxy) is 2. The van der Waals surface area contributed by atoms with Crippen LogP contribution in [0.25, 0.3) is 0 Å². The molecule has 8 aliphatic rings. The van der Waals surface area contributed by atoms with Gasteiger partial charge in [-0.2, -0.15) is 0 Å². The predicted molar refractivity (Wildman–Crippen MR) is 436 cm³/mol. The van der Waals surface area contributed by atoms with Gasteiger partial charge in [-0.3, -0.25) is 76.9 Å². The molecule has 8 aromatic rings. The van der Waals surface area contributed by atoms with Crippen molar-refractivity contribution in [2.45, 2.75) is 111 Å². The average molecular weight is 1550 g/mol. The number of carbonyl (C=O) groups is 14. The molecule has 1 fully saturated rings. The predicted octanol–water partition coefficient (Wildman–Crippen LogP) is 13.8. The van der Waals surface area contributed by atoms with Crippen molar-refractivity contribution in [2.75, 3.05) is 24.5 Å². The van der Waals surface area contributed by atoms with E-state index in [-0.39, 0.29) is 94.2 Å². The molecule has 0 unspecified atom stereocenters. The van der Waals surface area contributed by atoms with Crippen molar-refractivity contribution in [3.63, 3.8) is 0 Å². The largest absolute Gasteiger partial charge is 0.457 e. The van der Waals surface area contributed by atoms with Crippen molar-refractivity contribution in [3.05, 3.63) is 317 Å². The van der Waals surface area contributed by atoms with Crippen LogP contribution < -0.4 is 34.0 Å². The van der Waals surface area contributed by atoms with E-state index in [1.165, 1.54) is 111 Å². The lowest BCUT2D eigenvalue weighted by atomic mass is 9.78. The molecular formula is C93H81N7O16. The first kappa shape index (κ1) is 81.0. The van der Waals surface area contributed by atoms with E-state index in [9.17, 15) is 67.1 Å². The molecule has 1 saturated carbocycles. The lowest BCUT2D eigenvalue weighted by Gasteiger charge is -2.29. The molecule has 1 aliphatic carbocycles. The summed E-state index contributed by atoms with van der Waals surface area (Å²) in [6.07, 6.45) is 25.6. The van der Waals surface area contributed by atoms with Gasteiger partial charge in [-0.15, -0.1) is 0 Å². The van der Waals surface area contributed by atoms with Gasteiger partial charge in [-0.25, -0.2) is 24.5 Å². The standard InChI is InChI=1S/C35H26N2O6.C27H26N2O4.C11H9NO2.C10H13NO2.C10H7NO2/c1-35(2,23-3-11-27(12-4-23)42-29-15-7-25(8-16-29)36-31(38)19-20-32(36)39)24-5-13-28(14-6-24)43-30-17-9-26(10-18-30)37-33(40)21-22-34(37)41;1-5-20-14-18(11-16(3)26(20)28-22(30)7-8-23(28)31)13-19-12-17(4)27(21(6-2)15-19)29-24(32)9-10-25(29)33;13-10-6-7-11(14)12(10)8-9-4-2-1-3-5-9;2*12-9-6-7-10(13)11(9)8-4-2-1-3-5-8/h3-22H,1-2H3;7-12,14-15H,5-6,13H2,1-4H3;1-7H,8H2;6-8H,1-5H2;1-7H. The second kappa shape index (κ2) is 35.9. The van der Waals surface area contributed by atoms with E-state index in [1.807, 2.05) is 137 Å². The monoisotopic (exact) mass is 1550 g/mol. The van der Waals surface area contributed by atoms with Crippen molar-refractivity contribution in [1.29, 1.82) is 0 Å². The van der Waals surface area contributed by atoms with Crippen LogP contribution in [-0.2, 0) is 98.3 Å². The van der Waals surface area contributed by atoms with Gasteiger partial charge < -0.3 is 9.47 Å². The second-order valence-electron chi connectivity index (χ2n) is 28.4. The zero-order valence-electron chi connectivity index (χ0n) is 64.5. The van der Waals surface area contributed by atoms with Gasteiger partial charge in [0.2, 0.25) is 0 Å². The Morgan fingerprint density at radius 3 is 0.948 bits per heavy atom. The molecule has 14 amide bonds. The van der Waals surface area contributed by atoms with Crippen LogP contribution in [0.3, 0.4) is 0 Å². The highest BCUT2D eigenvalue weighted by Crippen LogP contribution is 2.38. The summed E-state index contributed by atoms with van der Waals surface area (Å²) in [5, 5.41) is 0. The van der Waals surface area contributed by atoms with Gasteiger partial charge in [0, 0.05) is 96.5 Å². The fraction of sp³-hybridized carbons (Fsp3) is 0.183. The quantitative estimate of drug-likeness (QED) is 0.0722. The second-order valence-corrected chi connectivity index (χ2v) is 28.4. The van der Waals surface area contributed by atoms with Crippen LogP contribution in [0.4, 0.5) is 28.4 Å². The summed E-state index contributed by atoms with van der Waals surface area (Å²) in [5.41, 5.74) is 11.6. The molecule has 8 aromatic carbocycles. The number of carbonyl (C=O) groups excluding carboxylic acids is 14. The summed E-state index contributed by atoms with van der Waals surface area (Å²) in [6, 6.07) is 55.9. The molecule has 0 bridgehead atoms. The number of anilines is 5. The molecule has 584 valence electrons. The van der Waals surface area contributed by atoms with Crippen LogP contribution in [0.15, 0.2) is 267 Å². The van der Waals surface area contributed by atoms with Gasteiger partial charge in [0.1, 0.15) is 23.0 Å². The Bertz CT molecular complexity index is 5140. The van der Waals surface area contributed by atoms with Crippen LogP contribution >= 0.6 is 0 Å². The highest BCUT2D eigenvalue weighted by Gasteiger charge is 2.35. The first-order chi connectivity index (χ1) is 55.8. The third kappa shape index (κ3) is 18.5. The van der Waals surface area contributed by atoms with Crippen molar-refractivity contribution in [3.8, 4) is 23.0 Å². The van der Waals surface area contributed by atoms with E-state index >= 15 is 0 Å². The average Bonchev–Trinajstić information content (AvgIpc) is 1.51. The van der Waals surface area contributed by atoms with E-state index in [1.54, 1.807) is 72.8 Å². The fourth-order valence-corrected chi connectivity index (χ4v) is 14.4. The molecule has 0 atom stereocenters. The number of para-hydroxylation sites is 1. The first-order valence-corrected chi connectivity index (χ1v) is 37.8. The highest BCUT2D eigenvalue weighted by atomic mass is 16.5. The Labute approximate surface area is 669 Å². The minimum Gasteiger partial charge on any atom is -0.457 e. The van der Waals surface area contributed by atoms with Gasteiger partial charge in [0.05, 0.1) is 35.0 Å². The van der Waals surface area contributed by atoms with Gasteiger partial charge >= 0.3 is 0 Å². The summed E-state index contributed by atoms with van der Waals surface area (Å²) >= 11 is 0. The molecule has 16 rings (SSSR count). The summed E-state index contributed by atoms with van der Waals surface area (Å²) < 4.78 is 12.0. The zero-order valence-corrected chi connectivity index (χ0v) is 64.5. The van der Waals surface area contributed by atoms with Gasteiger partial charge in [0.15, 0.2) is 0 Å². The molecule has 0 N–H and O–H groups in total. The smallest absolute Gasteiger partial charge is 0.258 e. The van der Waals surface area contributed by atoms with Crippen molar-refractivity contribution < 1.29 is 76.6 Å². The Kier molecular flexibility index (Phi) is 25.1. The van der Waals surface area contributed by atoms with E-state index in [0.29, 0.717) is 77.2 Å². The van der Waals surface area contributed by atoms with Crippen LogP contribution in [0.1, 0.15) is 110 Å². The van der Waals surface area contributed by atoms with Crippen molar-refractivity contribution in [2.24, 2.45) is 0 Å². The Balaban J connectivity index is 0.000000148. The maximum absolute atomic E-state index is 12.2. The van der Waals surface area contributed by atoms with Crippen molar-refractivity contribution >= 4 is 111 Å². The topological polar surface area (TPSA) is 280 Å².